The van der Waals surface area contributed by atoms with Gasteiger partial charge in [-0.25, -0.2) is 4.98 Å². The van der Waals surface area contributed by atoms with Gasteiger partial charge in [0.1, 0.15) is 0 Å². The summed E-state index contributed by atoms with van der Waals surface area (Å²) in [7, 11) is 0. The molecule has 0 aromatic carbocycles. The van der Waals surface area contributed by atoms with Crippen LogP contribution in [0, 0.1) is 6.92 Å². The lowest BCUT2D eigenvalue weighted by molar-refractivity contribution is 0.0839. The Balaban J connectivity index is 2.35. The number of halogens is 1. The van der Waals surface area contributed by atoms with Gasteiger partial charge in [0.2, 0.25) is 5.28 Å². The maximum absolute atomic E-state index is 9.90. The summed E-state index contributed by atoms with van der Waals surface area (Å²) in [5, 5.41) is 10.1. The number of nitrogens with zero attached hydrogens (tertiary/aromatic N) is 3. The Labute approximate surface area is 99.3 Å². The number of aryl methyl sites for hydroxylation is 1. The van der Waals surface area contributed by atoms with Gasteiger partial charge in [0, 0.05) is 13.1 Å². The van der Waals surface area contributed by atoms with E-state index in [9.17, 15) is 5.11 Å². The molecular formula is C10H15ClN4O. The average molecular weight is 243 g/mol. The molecule has 2 rings (SSSR count). The molecule has 6 heteroatoms. The van der Waals surface area contributed by atoms with Crippen molar-refractivity contribution in [1.82, 2.24) is 9.97 Å². The van der Waals surface area contributed by atoms with E-state index in [1.807, 2.05) is 4.90 Å². The van der Waals surface area contributed by atoms with Gasteiger partial charge < -0.3 is 15.7 Å². The highest BCUT2D eigenvalue weighted by molar-refractivity contribution is 6.28. The molecule has 0 amide bonds. The molecule has 2 heterocycles. The van der Waals surface area contributed by atoms with Crippen LogP contribution < -0.4 is 10.6 Å². The number of rotatable bonds is 1. The maximum atomic E-state index is 9.90. The fourth-order valence-electron chi connectivity index (χ4n) is 1.90. The van der Waals surface area contributed by atoms with Crippen LogP contribution in [0.1, 0.15) is 19.0 Å². The zero-order valence-electron chi connectivity index (χ0n) is 9.37. The summed E-state index contributed by atoms with van der Waals surface area (Å²) in [4.78, 5) is 10.0. The standard InChI is InChI=1S/C10H15ClN4O/c1-6-7(12)8(14-9(11)13-6)15-4-3-10(2,16)5-15/h16H,3-5,12H2,1-2H3. The van der Waals surface area contributed by atoms with Crippen LogP contribution in [0.2, 0.25) is 5.28 Å². The lowest BCUT2D eigenvalue weighted by Crippen LogP contribution is -2.30. The number of nitrogen functional groups attached to an aromatic ring is 1. The van der Waals surface area contributed by atoms with Crippen molar-refractivity contribution in [3.8, 4) is 0 Å². The van der Waals surface area contributed by atoms with Crippen molar-refractivity contribution in [2.75, 3.05) is 23.7 Å². The fraction of sp³-hybridized carbons (Fsp3) is 0.600. The van der Waals surface area contributed by atoms with E-state index in [0.717, 1.165) is 6.54 Å². The highest BCUT2D eigenvalue weighted by Gasteiger charge is 2.33. The molecule has 0 bridgehead atoms. The van der Waals surface area contributed by atoms with Crippen LogP contribution in [0.15, 0.2) is 0 Å². The second-order valence-corrected chi connectivity index (χ2v) is 4.82. The Morgan fingerprint density at radius 1 is 1.50 bits per heavy atom. The van der Waals surface area contributed by atoms with E-state index in [-0.39, 0.29) is 5.28 Å². The lowest BCUT2D eigenvalue weighted by Gasteiger charge is -2.21. The zero-order valence-corrected chi connectivity index (χ0v) is 10.1. The van der Waals surface area contributed by atoms with E-state index < -0.39 is 5.60 Å². The van der Waals surface area contributed by atoms with Crippen molar-refractivity contribution in [2.24, 2.45) is 0 Å². The molecule has 1 aromatic rings. The second-order valence-electron chi connectivity index (χ2n) is 4.48. The average Bonchev–Trinajstić information content (AvgIpc) is 2.52. The number of β-amino-alcohol motifs (C(OH)–C–C–N with tert-alkyl or cyclic N) is 1. The molecule has 1 aromatic heterocycles. The molecule has 0 saturated carbocycles. The van der Waals surface area contributed by atoms with Gasteiger partial charge in [0.15, 0.2) is 5.82 Å². The molecule has 1 unspecified atom stereocenters. The van der Waals surface area contributed by atoms with E-state index in [0.29, 0.717) is 30.2 Å². The van der Waals surface area contributed by atoms with Crippen LogP contribution in [0.4, 0.5) is 11.5 Å². The van der Waals surface area contributed by atoms with Gasteiger partial charge in [-0.15, -0.1) is 0 Å². The van der Waals surface area contributed by atoms with Gasteiger partial charge in [-0.05, 0) is 31.9 Å². The number of aromatic nitrogens is 2. The van der Waals surface area contributed by atoms with Crippen molar-refractivity contribution < 1.29 is 5.11 Å². The first-order valence-electron chi connectivity index (χ1n) is 5.16. The van der Waals surface area contributed by atoms with Crippen LogP contribution in [-0.4, -0.2) is 33.8 Å². The lowest BCUT2D eigenvalue weighted by atomic mass is 10.1. The fourth-order valence-corrected chi connectivity index (χ4v) is 2.11. The summed E-state index contributed by atoms with van der Waals surface area (Å²) in [6.45, 7) is 4.84. The summed E-state index contributed by atoms with van der Waals surface area (Å²) < 4.78 is 0. The van der Waals surface area contributed by atoms with Gasteiger partial charge in [0.05, 0.1) is 17.0 Å². The van der Waals surface area contributed by atoms with E-state index in [1.54, 1.807) is 13.8 Å². The Morgan fingerprint density at radius 3 is 2.75 bits per heavy atom. The minimum atomic E-state index is -0.683. The molecule has 1 aliphatic heterocycles. The van der Waals surface area contributed by atoms with Crippen molar-refractivity contribution >= 4 is 23.1 Å². The molecule has 0 radical (unpaired) electrons. The first-order chi connectivity index (χ1) is 7.39. The van der Waals surface area contributed by atoms with Gasteiger partial charge in [-0.2, -0.15) is 4.98 Å². The smallest absolute Gasteiger partial charge is 0.224 e. The van der Waals surface area contributed by atoms with Gasteiger partial charge in [0.25, 0.3) is 0 Å². The number of hydrogen-bond acceptors (Lipinski definition) is 5. The van der Waals surface area contributed by atoms with Crippen LogP contribution >= 0.6 is 11.6 Å². The molecule has 1 saturated heterocycles. The molecule has 1 aliphatic rings. The molecule has 16 heavy (non-hydrogen) atoms. The molecular weight excluding hydrogens is 228 g/mol. The summed E-state index contributed by atoms with van der Waals surface area (Å²) in [5.41, 5.74) is 6.43. The van der Waals surface area contributed by atoms with E-state index >= 15 is 0 Å². The number of hydrogen-bond donors (Lipinski definition) is 2. The van der Waals surface area contributed by atoms with E-state index in [1.165, 1.54) is 0 Å². The van der Waals surface area contributed by atoms with E-state index in [4.69, 9.17) is 17.3 Å². The molecule has 5 nitrogen and oxygen atoms in total. The minimum Gasteiger partial charge on any atom is -0.394 e. The summed E-state index contributed by atoms with van der Waals surface area (Å²) in [5.74, 6) is 0.621. The van der Waals surface area contributed by atoms with Crippen LogP contribution in [-0.2, 0) is 0 Å². The predicted octanol–water partition coefficient (Wildman–Crippen LogP) is 0.982. The normalized spacial score (nSPS) is 25.1. The van der Waals surface area contributed by atoms with E-state index in [2.05, 4.69) is 9.97 Å². The Kier molecular flexibility index (Phi) is 2.67. The van der Waals surface area contributed by atoms with Crippen molar-refractivity contribution in [3.05, 3.63) is 11.0 Å². The van der Waals surface area contributed by atoms with Crippen LogP contribution in [0.25, 0.3) is 0 Å². The predicted molar refractivity (Wildman–Crippen MR) is 63.6 cm³/mol. The Bertz CT molecular complexity index is 422. The zero-order chi connectivity index (χ0) is 11.9. The molecule has 1 atom stereocenters. The number of nitrogens with two attached hydrogens (primary N) is 1. The summed E-state index contributed by atoms with van der Waals surface area (Å²) in [6, 6.07) is 0. The second kappa shape index (κ2) is 3.75. The third-order valence-electron chi connectivity index (χ3n) is 2.84. The molecule has 1 fully saturated rings. The first kappa shape index (κ1) is 11.4. The highest BCUT2D eigenvalue weighted by atomic mass is 35.5. The minimum absolute atomic E-state index is 0.188. The van der Waals surface area contributed by atoms with Crippen molar-refractivity contribution in [3.63, 3.8) is 0 Å². The molecule has 88 valence electrons. The van der Waals surface area contributed by atoms with Gasteiger partial charge in [-0.1, -0.05) is 0 Å². The quantitative estimate of drug-likeness (QED) is 0.718. The maximum Gasteiger partial charge on any atom is 0.224 e. The SMILES string of the molecule is Cc1nc(Cl)nc(N2CCC(C)(O)C2)c1N. The Hall–Kier alpha value is -1.07. The third kappa shape index (κ3) is 2.05. The highest BCUT2D eigenvalue weighted by Crippen LogP contribution is 2.30. The molecule has 0 spiro atoms. The van der Waals surface area contributed by atoms with Gasteiger partial charge >= 0.3 is 0 Å². The summed E-state index contributed by atoms with van der Waals surface area (Å²) >= 11 is 5.80. The largest absolute Gasteiger partial charge is 0.394 e. The Morgan fingerprint density at radius 2 is 2.19 bits per heavy atom. The molecule has 3 N–H and O–H groups in total. The van der Waals surface area contributed by atoms with Crippen LogP contribution in [0.5, 0.6) is 0 Å². The third-order valence-corrected chi connectivity index (χ3v) is 3.01. The van der Waals surface area contributed by atoms with Crippen LogP contribution in [0.3, 0.4) is 0 Å². The summed E-state index contributed by atoms with van der Waals surface area (Å²) in [6.07, 6.45) is 0.701. The number of anilines is 2. The van der Waals surface area contributed by atoms with Gasteiger partial charge in [-0.3, -0.25) is 0 Å². The monoisotopic (exact) mass is 242 g/mol. The topological polar surface area (TPSA) is 75.3 Å². The van der Waals surface area contributed by atoms with Crippen molar-refractivity contribution in [1.29, 1.82) is 0 Å². The number of aliphatic hydroxyl groups is 1. The van der Waals surface area contributed by atoms with Crippen molar-refractivity contribution in [2.45, 2.75) is 25.9 Å². The molecule has 0 aliphatic carbocycles. The first-order valence-corrected chi connectivity index (χ1v) is 5.54.